The van der Waals surface area contributed by atoms with Crippen LogP contribution in [0.4, 0.5) is 0 Å². The Balaban J connectivity index is 1.50. The molecular formula is C24H21BClN7. The molecule has 1 aromatic carbocycles. The van der Waals surface area contributed by atoms with Gasteiger partial charge in [-0.3, -0.25) is 4.98 Å². The van der Waals surface area contributed by atoms with Gasteiger partial charge in [-0.25, -0.2) is 14.5 Å². The Bertz CT molecular complexity index is 1440. The molecular weight excluding hydrogens is 433 g/mol. The second kappa shape index (κ2) is 8.81. The molecule has 33 heavy (non-hydrogen) atoms. The lowest BCUT2D eigenvalue weighted by Crippen LogP contribution is -2.20. The van der Waals surface area contributed by atoms with E-state index < -0.39 is 0 Å². The van der Waals surface area contributed by atoms with E-state index in [-0.39, 0.29) is 0 Å². The minimum atomic E-state index is 0.427. The number of pyridine rings is 2. The monoisotopic (exact) mass is 453 g/mol. The SMILES string of the molecule is [B]N(Cc1nc(-c2ccc3ncnn3c2)c(-c2cccc(C)n2)[nH]1)Cc1cccc(Cl)c1C. The van der Waals surface area contributed by atoms with Gasteiger partial charge in [0.2, 0.25) is 0 Å². The second-order valence-electron chi connectivity index (χ2n) is 7.98. The van der Waals surface area contributed by atoms with Gasteiger partial charge < -0.3 is 9.79 Å². The van der Waals surface area contributed by atoms with Crippen molar-refractivity contribution in [3.8, 4) is 22.6 Å². The number of nitrogens with zero attached hydrogens (tertiary/aromatic N) is 6. The van der Waals surface area contributed by atoms with Gasteiger partial charge in [0.1, 0.15) is 12.2 Å². The van der Waals surface area contributed by atoms with Crippen molar-refractivity contribution in [3.05, 3.63) is 88.7 Å². The van der Waals surface area contributed by atoms with Gasteiger partial charge >= 0.3 is 0 Å². The standard InChI is InChI=1S/C24H21BClN7/c1-15-5-3-8-20(29-15)24-23(18-9-10-22-27-14-28-33(22)12-18)30-21(31-24)13-32(25)11-17-6-4-7-19(26)16(17)2/h3-10,12,14H,11,13H2,1-2H3,(H,30,31). The molecule has 0 amide bonds. The third-order valence-electron chi connectivity index (χ3n) is 5.55. The van der Waals surface area contributed by atoms with Gasteiger partial charge in [0.25, 0.3) is 0 Å². The highest BCUT2D eigenvalue weighted by atomic mass is 35.5. The molecule has 0 spiro atoms. The van der Waals surface area contributed by atoms with E-state index in [1.807, 2.05) is 68.6 Å². The Morgan fingerprint density at radius 3 is 2.73 bits per heavy atom. The Morgan fingerprint density at radius 2 is 1.88 bits per heavy atom. The molecule has 2 radical (unpaired) electrons. The van der Waals surface area contributed by atoms with Gasteiger partial charge in [0, 0.05) is 35.6 Å². The Kier molecular flexibility index (Phi) is 5.70. The largest absolute Gasteiger partial charge is 0.344 e. The Morgan fingerprint density at radius 1 is 1.03 bits per heavy atom. The van der Waals surface area contributed by atoms with Crippen LogP contribution in [0.5, 0.6) is 0 Å². The molecule has 0 aliphatic carbocycles. The zero-order chi connectivity index (χ0) is 22.9. The zero-order valence-corrected chi connectivity index (χ0v) is 19.1. The molecule has 0 saturated heterocycles. The number of aryl methyl sites for hydroxylation is 1. The number of fused-ring (bicyclic) bond motifs is 1. The fraction of sp³-hybridized carbons (Fsp3) is 0.167. The molecule has 5 rings (SSSR count). The van der Waals surface area contributed by atoms with Crippen molar-refractivity contribution in [2.75, 3.05) is 0 Å². The van der Waals surface area contributed by atoms with Crippen LogP contribution >= 0.6 is 11.6 Å². The molecule has 9 heteroatoms. The van der Waals surface area contributed by atoms with Gasteiger partial charge in [0.05, 0.1) is 17.1 Å². The van der Waals surface area contributed by atoms with Crippen molar-refractivity contribution in [2.45, 2.75) is 26.9 Å². The lowest BCUT2D eigenvalue weighted by Gasteiger charge is -2.18. The highest BCUT2D eigenvalue weighted by Gasteiger charge is 2.17. The van der Waals surface area contributed by atoms with Crippen molar-refractivity contribution in [2.24, 2.45) is 0 Å². The Labute approximate surface area is 197 Å². The number of benzene rings is 1. The third kappa shape index (κ3) is 4.40. The van der Waals surface area contributed by atoms with E-state index in [2.05, 4.69) is 15.1 Å². The van der Waals surface area contributed by atoms with Crippen LogP contribution in [0.25, 0.3) is 28.3 Å². The first-order chi connectivity index (χ1) is 16.0. The minimum Gasteiger partial charge on any atom is -0.344 e. The fourth-order valence-electron chi connectivity index (χ4n) is 3.82. The van der Waals surface area contributed by atoms with E-state index in [1.165, 1.54) is 6.33 Å². The summed E-state index contributed by atoms with van der Waals surface area (Å²) in [6.45, 7) is 4.94. The van der Waals surface area contributed by atoms with E-state index in [4.69, 9.17) is 29.6 Å². The van der Waals surface area contributed by atoms with Crippen LogP contribution in [-0.4, -0.2) is 42.3 Å². The molecule has 0 saturated carbocycles. The van der Waals surface area contributed by atoms with Crippen molar-refractivity contribution >= 4 is 25.2 Å². The smallest absolute Gasteiger partial charge is 0.183 e. The van der Waals surface area contributed by atoms with Crippen LogP contribution in [0.15, 0.2) is 61.1 Å². The van der Waals surface area contributed by atoms with Gasteiger partial charge in [-0.15, -0.1) is 0 Å². The summed E-state index contributed by atoms with van der Waals surface area (Å²) >= 11 is 6.27. The molecule has 0 aliphatic heterocycles. The van der Waals surface area contributed by atoms with Crippen LogP contribution in [0, 0.1) is 13.8 Å². The van der Waals surface area contributed by atoms with E-state index in [9.17, 15) is 0 Å². The van der Waals surface area contributed by atoms with E-state index in [0.29, 0.717) is 13.1 Å². The predicted molar refractivity (Wildman–Crippen MR) is 130 cm³/mol. The first-order valence-corrected chi connectivity index (χ1v) is 10.9. The third-order valence-corrected chi connectivity index (χ3v) is 5.96. The first kappa shape index (κ1) is 21.4. The molecule has 1 N–H and O–H groups in total. The number of nitrogens with one attached hydrogen (secondary N) is 1. The molecule has 7 nitrogen and oxygen atoms in total. The van der Waals surface area contributed by atoms with E-state index in [0.717, 1.165) is 56.0 Å². The predicted octanol–water partition coefficient (Wildman–Crippen LogP) is 4.54. The maximum absolute atomic E-state index is 6.37. The number of rotatable bonds is 6. The minimum absolute atomic E-state index is 0.427. The lowest BCUT2D eigenvalue weighted by molar-refractivity contribution is 0.431. The van der Waals surface area contributed by atoms with Crippen LogP contribution in [0.3, 0.4) is 0 Å². The van der Waals surface area contributed by atoms with Crippen molar-refractivity contribution in [1.82, 2.24) is 34.4 Å². The van der Waals surface area contributed by atoms with Gasteiger partial charge in [-0.2, -0.15) is 5.10 Å². The first-order valence-electron chi connectivity index (χ1n) is 10.5. The second-order valence-corrected chi connectivity index (χ2v) is 8.39. The van der Waals surface area contributed by atoms with E-state index >= 15 is 0 Å². The topological polar surface area (TPSA) is 75.0 Å². The quantitative estimate of drug-likeness (QED) is 0.382. The molecule has 0 fully saturated rings. The van der Waals surface area contributed by atoms with Crippen molar-refractivity contribution in [1.29, 1.82) is 0 Å². The number of aromatic amines is 1. The average Bonchev–Trinajstić information content (AvgIpc) is 3.43. The van der Waals surface area contributed by atoms with Crippen LogP contribution in [0.1, 0.15) is 22.6 Å². The summed E-state index contributed by atoms with van der Waals surface area (Å²) in [6.07, 6.45) is 3.44. The average molecular weight is 454 g/mol. The molecule has 4 heterocycles. The van der Waals surface area contributed by atoms with Gasteiger partial charge in [0.15, 0.2) is 13.6 Å². The van der Waals surface area contributed by atoms with Gasteiger partial charge in [-0.1, -0.05) is 29.8 Å². The molecule has 4 aromatic heterocycles. The highest BCUT2D eigenvalue weighted by molar-refractivity contribution is 6.31. The molecule has 0 aliphatic rings. The number of halogens is 1. The number of hydrogen-bond donors (Lipinski definition) is 1. The van der Waals surface area contributed by atoms with Crippen molar-refractivity contribution < 1.29 is 0 Å². The maximum Gasteiger partial charge on any atom is 0.183 e. The normalized spacial score (nSPS) is 11.5. The molecule has 0 unspecified atom stereocenters. The van der Waals surface area contributed by atoms with Crippen LogP contribution in [0.2, 0.25) is 5.02 Å². The summed E-state index contributed by atoms with van der Waals surface area (Å²) in [7, 11) is 6.37. The summed E-state index contributed by atoms with van der Waals surface area (Å²) in [6, 6.07) is 15.7. The fourth-order valence-corrected chi connectivity index (χ4v) is 4.02. The summed E-state index contributed by atoms with van der Waals surface area (Å²) in [5.41, 5.74) is 7.15. The van der Waals surface area contributed by atoms with Crippen molar-refractivity contribution in [3.63, 3.8) is 0 Å². The molecule has 162 valence electrons. The lowest BCUT2D eigenvalue weighted by atomic mass is 10.1. The molecule has 5 aromatic rings. The summed E-state index contributed by atoms with van der Waals surface area (Å²) in [5, 5.41) is 4.99. The van der Waals surface area contributed by atoms with E-state index in [1.54, 1.807) is 9.33 Å². The number of aromatic nitrogens is 6. The Hall–Kier alpha value is -3.49. The number of hydrogen-bond acceptors (Lipinski definition) is 5. The summed E-state index contributed by atoms with van der Waals surface area (Å²) < 4.78 is 1.73. The number of H-pyrrole nitrogens is 1. The maximum atomic E-state index is 6.37. The van der Waals surface area contributed by atoms with Crippen LogP contribution < -0.4 is 0 Å². The van der Waals surface area contributed by atoms with Gasteiger partial charge in [-0.05, 0) is 55.3 Å². The highest BCUT2D eigenvalue weighted by Crippen LogP contribution is 2.30. The zero-order valence-electron chi connectivity index (χ0n) is 18.3. The summed E-state index contributed by atoms with van der Waals surface area (Å²) in [5.74, 6) is 0.740. The van der Waals surface area contributed by atoms with Crippen LogP contribution in [-0.2, 0) is 13.1 Å². The molecule has 0 atom stereocenters. The molecule has 0 bridgehead atoms. The number of imidazole rings is 1. The summed E-state index contributed by atoms with van der Waals surface area (Å²) in [4.78, 5) is 19.0.